The van der Waals surface area contributed by atoms with Crippen LogP contribution in [0.1, 0.15) is 90.1 Å². The second-order valence-corrected chi connectivity index (χ2v) is 14.0. The highest BCUT2D eigenvalue weighted by molar-refractivity contribution is 5.99. The molecular weight excluding hydrogens is 616 g/mol. The molecule has 3 amide bonds. The molecule has 3 heterocycles. The average Bonchev–Trinajstić information content (AvgIpc) is 3.55. The van der Waals surface area contributed by atoms with Gasteiger partial charge in [-0.2, -0.15) is 0 Å². The fourth-order valence-corrected chi connectivity index (χ4v) is 6.55. The number of nitrogens with zero attached hydrogens (tertiary/aromatic N) is 2. The SMILES string of the molecule is COc1ccc2c(O[C@@H]3C[C@H]4C(=O)N[C@]5(C(C)=O)CC5/C=C\CCCCC[C@H](NC(=O)OC(C)(C)C)C(=O)N4C3)cc(C(C)=O)nc2c1. The van der Waals surface area contributed by atoms with E-state index in [2.05, 4.69) is 21.7 Å². The summed E-state index contributed by atoms with van der Waals surface area (Å²) < 4.78 is 17.3. The number of carbonyl (C=O) groups excluding carboxylic acids is 5. The second-order valence-electron chi connectivity index (χ2n) is 14.0. The quantitative estimate of drug-likeness (QED) is 0.332. The lowest BCUT2D eigenvalue weighted by Crippen LogP contribution is -2.56. The van der Waals surface area contributed by atoms with Gasteiger partial charge in [-0.3, -0.25) is 19.2 Å². The number of Topliss-reactive ketones (excluding diaryl/α,β-unsaturated/α-hetero) is 2. The summed E-state index contributed by atoms with van der Waals surface area (Å²) in [4.78, 5) is 72.4. The Hall–Kier alpha value is -4.48. The number of nitrogens with one attached hydrogen (secondary N) is 2. The maximum absolute atomic E-state index is 14.3. The first-order valence-electron chi connectivity index (χ1n) is 16.7. The fraction of sp³-hybridized carbons (Fsp3) is 0.556. The Labute approximate surface area is 280 Å². The molecule has 12 heteroatoms. The molecule has 2 fully saturated rings. The summed E-state index contributed by atoms with van der Waals surface area (Å²) in [6.45, 7) is 8.16. The normalized spacial score (nSPS) is 27.0. The van der Waals surface area contributed by atoms with E-state index in [1.54, 1.807) is 45.0 Å². The number of methoxy groups -OCH3 is 1. The number of alkyl carbamates (subject to hydrolysis) is 1. The predicted octanol–water partition coefficient (Wildman–Crippen LogP) is 4.67. The highest BCUT2D eigenvalue weighted by Gasteiger charge is 2.59. The van der Waals surface area contributed by atoms with E-state index in [0.717, 1.165) is 19.3 Å². The van der Waals surface area contributed by atoms with Gasteiger partial charge >= 0.3 is 6.09 Å². The molecule has 0 spiro atoms. The van der Waals surface area contributed by atoms with Crippen LogP contribution in [0, 0.1) is 5.92 Å². The van der Waals surface area contributed by atoms with E-state index in [9.17, 15) is 24.0 Å². The molecule has 1 unspecified atom stereocenters. The molecule has 2 aromatic rings. The lowest BCUT2D eigenvalue weighted by molar-refractivity contribution is -0.141. The van der Waals surface area contributed by atoms with Gasteiger partial charge in [0.2, 0.25) is 11.8 Å². The lowest BCUT2D eigenvalue weighted by Gasteiger charge is -2.30. The van der Waals surface area contributed by atoms with E-state index in [4.69, 9.17) is 14.2 Å². The van der Waals surface area contributed by atoms with Crippen LogP contribution < -0.4 is 20.1 Å². The molecule has 48 heavy (non-hydrogen) atoms. The van der Waals surface area contributed by atoms with Crippen molar-refractivity contribution in [3.05, 3.63) is 42.1 Å². The van der Waals surface area contributed by atoms with Crippen LogP contribution in [0.25, 0.3) is 10.9 Å². The molecule has 258 valence electrons. The number of hydrogen-bond acceptors (Lipinski definition) is 9. The third-order valence-corrected chi connectivity index (χ3v) is 9.19. The fourth-order valence-electron chi connectivity index (χ4n) is 6.55. The number of amides is 3. The largest absolute Gasteiger partial charge is 0.497 e. The predicted molar refractivity (Wildman–Crippen MR) is 178 cm³/mol. The first-order valence-corrected chi connectivity index (χ1v) is 16.7. The van der Waals surface area contributed by atoms with Crippen molar-refractivity contribution in [3.8, 4) is 11.5 Å². The maximum Gasteiger partial charge on any atom is 0.408 e. The first-order chi connectivity index (χ1) is 22.7. The summed E-state index contributed by atoms with van der Waals surface area (Å²) in [6, 6.07) is 4.90. The number of aromatic nitrogens is 1. The minimum absolute atomic E-state index is 0.0369. The van der Waals surface area contributed by atoms with E-state index in [1.807, 2.05) is 6.08 Å². The molecule has 1 saturated carbocycles. The molecular formula is C36H46N4O8. The van der Waals surface area contributed by atoms with Crippen LogP contribution in [-0.2, 0) is 19.1 Å². The number of rotatable bonds is 6. The van der Waals surface area contributed by atoms with Crippen molar-refractivity contribution in [2.45, 2.75) is 109 Å². The van der Waals surface area contributed by atoms with Crippen molar-refractivity contribution in [1.82, 2.24) is 20.5 Å². The molecule has 3 aliphatic rings. The molecule has 1 aliphatic carbocycles. The number of ether oxygens (including phenoxy) is 3. The molecule has 5 atom stereocenters. The Balaban J connectivity index is 1.48. The summed E-state index contributed by atoms with van der Waals surface area (Å²) in [6.07, 6.45) is 6.86. The molecule has 2 N–H and O–H groups in total. The summed E-state index contributed by atoms with van der Waals surface area (Å²) in [5, 5.41) is 6.39. The molecule has 1 saturated heterocycles. The molecule has 2 aliphatic heterocycles. The van der Waals surface area contributed by atoms with Gasteiger partial charge in [0.05, 0.1) is 19.2 Å². The summed E-state index contributed by atoms with van der Waals surface area (Å²) in [7, 11) is 1.54. The van der Waals surface area contributed by atoms with E-state index < -0.39 is 47.2 Å². The molecule has 1 aromatic heterocycles. The van der Waals surface area contributed by atoms with Gasteiger partial charge in [-0.1, -0.05) is 25.0 Å². The minimum Gasteiger partial charge on any atom is -0.497 e. The summed E-state index contributed by atoms with van der Waals surface area (Å²) in [5.74, 6) is -0.460. The van der Waals surface area contributed by atoms with Gasteiger partial charge in [-0.25, -0.2) is 9.78 Å². The zero-order chi connectivity index (χ0) is 34.8. The number of carbonyl (C=O) groups is 5. The average molecular weight is 663 g/mol. The number of hydrogen-bond donors (Lipinski definition) is 2. The summed E-state index contributed by atoms with van der Waals surface area (Å²) in [5.41, 5.74) is -1.10. The van der Waals surface area contributed by atoms with Gasteiger partial charge in [-0.05, 0) is 65.5 Å². The van der Waals surface area contributed by atoms with Crippen LogP contribution in [0.4, 0.5) is 4.79 Å². The molecule has 12 nitrogen and oxygen atoms in total. The van der Waals surface area contributed by atoms with Gasteiger partial charge in [-0.15, -0.1) is 0 Å². The Morgan fingerprint density at radius 3 is 2.54 bits per heavy atom. The zero-order valence-corrected chi connectivity index (χ0v) is 28.6. The Morgan fingerprint density at radius 1 is 1.08 bits per heavy atom. The van der Waals surface area contributed by atoms with Crippen molar-refractivity contribution < 1.29 is 38.2 Å². The van der Waals surface area contributed by atoms with Crippen molar-refractivity contribution in [2.24, 2.45) is 5.92 Å². The van der Waals surface area contributed by atoms with Crippen LogP contribution in [0.2, 0.25) is 0 Å². The lowest BCUT2D eigenvalue weighted by atomic mass is 10.0. The monoisotopic (exact) mass is 662 g/mol. The van der Waals surface area contributed by atoms with E-state index in [1.165, 1.54) is 25.9 Å². The standard InChI is InChI=1S/C36H46N4O8/c1-21(41)28-18-31(26-15-14-24(46-6)16-29(26)37-28)47-25-17-30-32(43)39-36(22(2)42)19-23(36)12-10-8-7-9-11-13-27(33(44)40(30)20-25)38-34(45)48-35(3,4)5/h10,12,14-16,18,23,25,27,30H,7-9,11,13,17,19-20H2,1-6H3,(H,38,45)(H,39,43)/b12-10-/t23?,25-,27+,30+,36+/m1/s1. The van der Waals surface area contributed by atoms with E-state index in [0.29, 0.717) is 41.7 Å². The second kappa shape index (κ2) is 13.9. The van der Waals surface area contributed by atoms with Crippen molar-refractivity contribution in [1.29, 1.82) is 0 Å². The first kappa shape index (κ1) is 34.8. The van der Waals surface area contributed by atoms with Crippen LogP contribution in [0.15, 0.2) is 36.4 Å². The molecule has 5 rings (SSSR count). The number of benzene rings is 1. The van der Waals surface area contributed by atoms with Crippen LogP contribution in [-0.4, -0.2) is 82.3 Å². The van der Waals surface area contributed by atoms with Crippen LogP contribution in [0.3, 0.4) is 0 Å². The van der Waals surface area contributed by atoms with E-state index >= 15 is 0 Å². The molecule has 0 radical (unpaired) electrons. The molecule has 1 aromatic carbocycles. The number of ketones is 2. The van der Waals surface area contributed by atoms with Crippen molar-refractivity contribution in [2.75, 3.05) is 13.7 Å². The minimum atomic E-state index is -1.02. The van der Waals surface area contributed by atoms with Crippen LogP contribution in [0.5, 0.6) is 11.5 Å². The van der Waals surface area contributed by atoms with Crippen molar-refractivity contribution >= 4 is 40.4 Å². The smallest absolute Gasteiger partial charge is 0.408 e. The van der Waals surface area contributed by atoms with Gasteiger partial charge < -0.3 is 29.7 Å². The number of pyridine rings is 1. The Kier molecular flexibility index (Phi) is 10.1. The van der Waals surface area contributed by atoms with Gasteiger partial charge in [0.15, 0.2) is 11.6 Å². The Bertz CT molecular complexity index is 1630. The van der Waals surface area contributed by atoms with Gasteiger partial charge in [0, 0.05) is 36.8 Å². The molecule has 0 bridgehead atoms. The third kappa shape index (κ3) is 7.79. The van der Waals surface area contributed by atoms with Gasteiger partial charge in [0.1, 0.15) is 46.5 Å². The summed E-state index contributed by atoms with van der Waals surface area (Å²) >= 11 is 0. The van der Waals surface area contributed by atoms with E-state index in [-0.39, 0.29) is 36.1 Å². The zero-order valence-electron chi connectivity index (χ0n) is 28.6. The maximum atomic E-state index is 14.3. The highest BCUT2D eigenvalue weighted by atomic mass is 16.6. The van der Waals surface area contributed by atoms with Crippen molar-refractivity contribution in [3.63, 3.8) is 0 Å². The van der Waals surface area contributed by atoms with Crippen LogP contribution >= 0.6 is 0 Å². The van der Waals surface area contributed by atoms with Gasteiger partial charge in [0.25, 0.3) is 0 Å². The Morgan fingerprint density at radius 2 is 1.85 bits per heavy atom. The third-order valence-electron chi connectivity index (χ3n) is 9.19. The number of allylic oxidation sites excluding steroid dienone is 1. The number of fused-ring (bicyclic) bond motifs is 3. The highest BCUT2D eigenvalue weighted by Crippen LogP contribution is 2.46. The topological polar surface area (TPSA) is 153 Å².